The van der Waals surface area contributed by atoms with Crippen LogP contribution in [-0.2, 0) is 14.4 Å². The van der Waals surface area contributed by atoms with Gasteiger partial charge in [-0.15, -0.1) is 11.8 Å². The molecule has 1 aliphatic carbocycles. The summed E-state index contributed by atoms with van der Waals surface area (Å²) in [5, 5.41) is 15.9. The highest BCUT2D eigenvalue weighted by atomic mass is 32.2. The fourth-order valence-corrected chi connectivity index (χ4v) is 9.10. The van der Waals surface area contributed by atoms with Gasteiger partial charge in [0.2, 0.25) is 17.7 Å². The lowest BCUT2D eigenvalue weighted by Crippen LogP contribution is -2.56. The van der Waals surface area contributed by atoms with Crippen LogP contribution in [0.2, 0.25) is 0 Å². The van der Waals surface area contributed by atoms with E-state index in [9.17, 15) is 19.5 Å². The van der Waals surface area contributed by atoms with E-state index < -0.39 is 27.4 Å². The Balaban J connectivity index is 1.45. The van der Waals surface area contributed by atoms with Gasteiger partial charge in [-0.25, -0.2) is 0 Å². The van der Waals surface area contributed by atoms with E-state index in [0.717, 1.165) is 38.5 Å². The van der Waals surface area contributed by atoms with Crippen LogP contribution in [0, 0.1) is 11.8 Å². The molecule has 2 bridgehead atoms. The lowest BCUT2D eigenvalue weighted by Gasteiger charge is -2.35. The summed E-state index contributed by atoms with van der Waals surface area (Å²) in [7, 11) is 0. The van der Waals surface area contributed by atoms with Crippen molar-refractivity contribution in [3.63, 3.8) is 0 Å². The zero-order valence-electron chi connectivity index (χ0n) is 19.1. The van der Waals surface area contributed by atoms with Gasteiger partial charge in [-0.3, -0.25) is 14.4 Å². The molecule has 0 radical (unpaired) electrons. The first-order chi connectivity index (χ1) is 15.9. The van der Waals surface area contributed by atoms with E-state index in [2.05, 4.69) is 17.6 Å². The molecule has 8 heteroatoms. The standard InChI is InChI=1S/C25H33N3O4S/c1-24-12-13-25(33-24)19(18(24)21(30)26-16-8-4-2-5-9-16)23(32)28(14-15-29)20(25)22(31)27-17-10-6-3-7-11-17/h2,4-5,8-9,17-20,29H,3,6-7,10-15H2,1H3,(H,26,30)(H,27,31)/t18-,19+,20?,24+,25?/m1/s1. The Hall–Kier alpha value is -2.06. The first kappa shape index (κ1) is 22.7. The molecule has 3 N–H and O–H groups in total. The van der Waals surface area contributed by atoms with Gasteiger partial charge in [-0.05, 0) is 44.7 Å². The van der Waals surface area contributed by atoms with Crippen LogP contribution >= 0.6 is 11.8 Å². The van der Waals surface area contributed by atoms with Gasteiger partial charge < -0.3 is 20.6 Å². The van der Waals surface area contributed by atoms with E-state index in [0.29, 0.717) is 5.69 Å². The van der Waals surface area contributed by atoms with Crippen molar-refractivity contribution in [3.8, 4) is 0 Å². The maximum atomic E-state index is 13.7. The van der Waals surface area contributed by atoms with E-state index in [-0.39, 0.29) is 36.9 Å². The first-order valence-electron chi connectivity index (χ1n) is 12.2. The average Bonchev–Trinajstić information content (AvgIpc) is 3.36. The van der Waals surface area contributed by atoms with Gasteiger partial charge >= 0.3 is 0 Å². The third-order valence-corrected chi connectivity index (χ3v) is 10.1. The summed E-state index contributed by atoms with van der Waals surface area (Å²) in [4.78, 5) is 42.4. The van der Waals surface area contributed by atoms with Crippen molar-refractivity contribution in [3.05, 3.63) is 30.3 Å². The van der Waals surface area contributed by atoms with Crippen LogP contribution in [-0.4, -0.2) is 62.5 Å². The van der Waals surface area contributed by atoms with Gasteiger partial charge in [0.15, 0.2) is 0 Å². The van der Waals surface area contributed by atoms with E-state index in [1.165, 1.54) is 6.42 Å². The molecule has 1 saturated carbocycles. The number of fused-ring (bicyclic) bond motifs is 1. The Kier molecular flexibility index (Phi) is 5.93. The lowest BCUT2D eigenvalue weighted by molar-refractivity contribution is -0.140. The number of anilines is 1. The normalized spacial score (nSPS) is 35.5. The van der Waals surface area contributed by atoms with Crippen LogP contribution in [0.1, 0.15) is 51.9 Å². The van der Waals surface area contributed by atoms with E-state index in [1.807, 2.05) is 30.3 Å². The minimum Gasteiger partial charge on any atom is -0.395 e. The Morgan fingerprint density at radius 2 is 1.85 bits per heavy atom. The van der Waals surface area contributed by atoms with Crippen molar-refractivity contribution in [1.29, 1.82) is 0 Å². The SMILES string of the molecule is C[C@@]12CCC3(S1)C(C(=O)NC1CCCCC1)N(CCO)C(=O)[C@@H]3[C@@H]2C(=O)Nc1ccccc1. The van der Waals surface area contributed by atoms with Gasteiger partial charge in [0.1, 0.15) is 6.04 Å². The second-order valence-corrected chi connectivity index (χ2v) is 12.1. The fourth-order valence-electron chi connectivity index (χ4n) is 6.74. The number of β-amino-alcohol motifs (C(OH)–C–C–N with tert-alkyl or cyclic N) is 1. The monoisotopic (exact) mass is 471 g/mol. The van der Waals surface area contributed by atoms with Gasteiger partial charge in [-0.2, -0.15) is 0 Å². The fraction of sp³-hybridized carbons (Fsp3) is 0.640. The minimum atomic E-state index is -0.648. The van der Waals surface area contributed by atoms with Gasteiger partial charge in [-0.1, -0.05) is 37.5 Å². The molecule has 3 aliphatic heterocycles. The van der Waals surface area contributed by atoms with Crippen molar-refractivity contribution in [1.82, 2.24) is 10.2 Å². The first-order valence-corrected chi connectivity index (χ1v) is 13.0. The number of nitrogens with one attached hydrogen (secondary N) is 2. The Labute approximate surface area is 199 Å². The Bertz CT molecular complexity index is 937. The highest BCUT2D eigenvalue weighted by Crippen LogP contribution is 2.71. The number of aliphatic hydroxyl groups excluding tert-OH is 1. The number of amides is 3. The number of rotatable bonds is 6. The summed E-state index contributed by atoms with van der Waals surface area (Å²) in [6, 6.07) is 8.79. The third kappa shape index (κ3) is 3.66. The molecule has 1 aromatic rings. The molecular formula is C25H33N3O4S. The maximum Gasteiger partial charge on any atom is 0.244 e. The molecule has 5 atom stereocenters. The van der Waals surface area contributed by atoms with Crippen molar-refractivity contribution in [2.75, 3.05) is 18.5 Å². The molecule has 3 saturated heterocycles. The third-order valence-electron chi connectivity index (χ3n) is 8.14. The molecule has 2 unspecified atom stereocenters. The Morgan fingerprint density at radius 3 is 2.55 bits per heavy atom. The molecule has 0 aromatic heterocycles. The number of thioether (sulfide) groups is 1. The largest absolute Gasteiger partial charge is 0.395 e. The van der Waals surface area contributed by atoms with Crippen LogP contribution in [0.3, 0.4) is 0 Å². The van der Waals surface area contributed by atoms with Crippen LogP contribution < -0.4 is 10.6 Å². The van der Waals surface area contributed by atoms with Crippen molar-refractivity contribution in [2.45, 2.75) is 73.4 Å². The molecule has 5 rings (SSSR count). The minimum absolute atomic E-state index is 0.115. The second kappa shape index (κ2) is 8.62. The second-order valence-electron chi connectivity index (χ2n) is 10.2. The quantitative estimate of drug-likeness (QED) is 0.592. The molecule has 3 heterocycles. The summed E-state index contributed by atoms with van der Waals surface area (Å²) < 4.78 is -1.02. The molecule has 7 nitrogen and oxygen atoms in total. The Morgan fingerprint density at radius 1 is 1.12 bits per heavy atom. The summed E-state index contributed by atoms with van der Waals surface area (Å²) in [6.07, 6.45) is 6.86. The number of para-hydroxylation sites is 1. The molecule has 1 aromatic carbocycles. The number of nitrogens with zero attached hydrogens (tertiary/aromatic N) is 1. The topological polar surface area (TPSA) is 98.7 Å². The van der Waals surface area contributed by atoms with Crippen molar-refractivity contribution in [2.24, 2.45) is 11.8 Å². The van der Waals surface area contributed by atoms with Gasteiger partial charge in [0, 0.05) is 23.0 Å². The van der Waals surface area contributed by atoms with Crippen LogP contribution in [0.25, 0.3) is 0 Å². The van der Waals surface area contributed by atoms with Crippen LogP contribution in [0.5, 0.6) is 0 Å². The molecule has 33 heavy (non-hydrogen) atoms. The maximum absolute atomic E-state index is 13.7. The number of benzene rings is 1. The predicted molar refractivity (Wildman–Crippen MR) is 128 cm³/mol. The number of hydrogen-bond donors (Lipinski definition) is 3. The van der Waals surface area contributed by atoms with Gasteiger partial charge in [0.25, 0.3) is 0 Å². The molecule has 3 amide bonds. The van der Waals surface area contributed by atoms with E-state index in [1.54, 1.807) is 16.7 Å². The summed E-state index contributed by atoms with van der Waals surface area (Å²) in [5.74, 6) is -1.52. The van der Waals surface area contributed by atoms with Crippen LogP contribution in [0.4, 0.5) is 5.69 Å². The van der Waals surface area contributed by atoms with Crippen LogP contribution in [0.15, 0.2) is 30.3 Å². The zero-order chi connectivity index (χ0) is 23.2. The molecule has 4 aliphatic rings. The number of carbonyl (C=O) groups excluding carboxylic acids is 3. The average molecular weight is 472 g/mol. The number of likely N-dealkylation sites (tertiary alicyclic amines) is 1. The number of carbonyl (C=O) groups is 3. The van der Waals surface area contributed by atoms with E-state index in [4.69, 9.17) is 0 Å². The highest BCUT2D eigenvalue weighted by molar-refractivity contribution is 8.02. The lowest BCUT2D eigenvalue weighted by atomic mass is 9.66. The summed E-state index contributed by atoms with van der Waals surface area (Å²) in [6.45, 7) is 1.98. The summed E-state index contributed by atoms with van der Waals surface area (Å²) >= 11 is 1.66. The number of aliphatic hydroxyl groups is 1. The number of hydrogen-bond acceptors (Lipinski definition) is 5. The zero-order valence-corrected chi connectivity index (χ0v) is 19.9. The van der Waals surface area contributed by atoms with Crippen molar-refractivity contribution < 1.29 is 19.5 Å². The molecule has 1 spiro atoms. The van der Waals surface area contributed by atoms with E-state index >= 15 is 0 Å². The molecule has 178 valence electrons. The molecule has 4 fully saturated rings. The smallest absolute Gasteiger partial charge is 0.244 e. The summed E-state index contributed by atoms with van der Waals surface area (Å²) in [5.41, 5.74) is 0.706. The highest BCUT2D eigenvalue weighted by Gasteiger charge is 2.77. The predicted octanol–water partition coefficient (Wildman–Crippen LogP) is 2.55. The van der Waals surface area contributed by atoms with Crippen molar-refractivity contribution >= 4 is 35.2 Å². The molecular weight excluding hydrogens is 438 g/mol. The van der Waals surface area contributed by atoms with Gasteiger partial charge in [0.05, 0.1) is 23.2 Å².